The van der Waals surface area contributed by atoms with Crippen LogP contribution in [0.25, 0.3) is 11.0 Å². The van der Waals surface area contributed by atoms with E-state index >= 15 is 0 Å². The third-order valence-corrected chi connectivity index (χ3v) is 3.57. The fourth-order valence-electron chi connectivity index (χ4n) is 2.33. The van der Waals surface area contributed by atoms with Crippen LogP contribution in [0.4, 0.5) is 18.0 Å². The minimum atomic E-state index is -4.79. The van der Waals surface area contributed by atoms with Crippen LogP contribution in [0, 0.1) is 5.92 Å². The van der Waals surface area contributed by atoms with Crippen LogP contribution in [0.2, 0.25) is 0 Å². The van der Waals surface area contributed by atoms with Crippen molar-refractivity contribution in [1.29, 1.82) is 0 Å². The molecule has 0 aliphatic carbocycles. The number of aromatic nitrogens is 3. The molecular formula is C17H22F3N5O4. The predicted molar refractivity (Wildman–Crippen MR) is 95.3 cm³/mol. The number of hydrazine groups is 1. The van der Waals surface area contributed by atoms with E-state index in [0.29, 0.717) is 11.0 Å². The Morgan fingerprint density at radius 3 is 2.52 bits per heavy atom. The SMILES string of the molecule is CC(C)(C)OC(=O)NNC(=O)C(CCCOn1nnc2ccccc21)C(F)(F)F. The van der Waals surface area contributed by atoms with Gasteiger partial charge < -0.3 is 9.57 Å². The highest BCUT2D eigenvalue weighted by Crippen LogP contribution is 2.29. The highest BCUT2D eigenvalue weighted by atomic mass is 19.4. The lowest BCUT2D eigenvalue weighted by Gasteiger charge is -2.22. The maximum atomic E-state index is 13.2. The van der Waals surface area contributed by atoms with Crippen LogP contribution < -0.4 is 15.7 Å². The molecule has 1 heterocycles. The Kier molecular flexibility index (Phi) is 6.88. The van der Waals surface area contributed by atoms with Gasteiger partial charge in [0.15, 0.2) is 0 Å². The van der Waals surface area contributed by atoms with Gasteiger partial charge in [0.25, 0.3) is 5.91 Å². The maximum Gasteiger partial charge on any atom is 0.426 e. The van der Waals surface area contributed by atoms with Gasteiger partial charge in [-0.1, -0.05) is 17.0 Å². The highest BCUT2D eigenvalue weighted by Gasteiger charge is 2.44. The molecular weight excluding hydrogens is 395 g/mol. The Bertz CT molecular complexity index is 847. The number of hydrogen-bond donors (Lipinski definition) is 2. The molecule has 160 valence electrons. The summed E-state index contributed by atoms with van der Waals surface area (Å²) in [5.74, 6) is -3.72. The average molecular weight is 417 g/mol. The van der Waals surface area contributed by atoms with Gasteiger partial charge in [-0.2, -0.15) is 13.2 Å². The van der Waals surface area contributed by atoms with E-state index in [1.54, 1.807) is 50.5 Å². The monoisotopic (exact) mass is 417 g/mol. The maximum absolute atomic E-state index is 13.2. The van der Waals surface area contributed by atoms with E-state index in [4.69, 9.17) is 9.57 Å². The summed E-state index contributed by atoms with van der Waals surface area (Å²) in [6.07, 6.45) is -6.48. The molecule has 29 heavy (non-hydrogen) atoms. The van der Waals surface area contributed by atoms with Gasteiger partial charge in [-0.05, 0) is 51.0 Å². The topological polar surface area (TPSA) is 107 Å². The summed E-state index contributed by atoms with van der Waals surface area (Å²) in [6, 6.07) is 6.92. The number of para-hydroxylation sites is 1. The van der Waals surface area contributed by atoms with Crippen molar-refractivity contribution in [2.45, 2.75) is 45.4 Å². The van der Waals surface area contributed by atoms with E-state index in [2.05, 4.69) is 10.3 Å². The van der Waals surface area contributed by atoms with Crippen molar-refractivity contribution in [2.75, 3.05) is 6.61 Å². The van der Waals surface area contributed by atoms with Crippen LogP contribution in [0.15, 0.2) is 24.3 Å². The Hall–Kier alpha value is -3.05. The first kappa shape index (κ1) is 22.2. The minimum Gasteiger partial charge on any atom is -0.443 e. The number of carbonyl (C=O) groups is 2. The molecule has 0 bridgehead atoms. The van der Waals surface area contributed by atoms with E-state index in [1.165, 1.54) is 0 Å². The number of nitrogens with zero attached hydrogens (tertiary/aromatic N) is 3. The fraction of sp³-hybridized carbons (Fsp3) is 0.529. The number of nitrogens with one attached hydrogen (secondary N) is 2. The Labute approximate surface area is 164 Å². The van der Waals surface area contributed by atoms with E-state index in [0.717, 1.165) is 4.85 Å². The van der Waals surface area contributed by atoms with Crippen LogP contribution in [-0.2, 0) is 9.53 Å². The first-order valence-electron chi connectivity index (χ1n) is 8.76. The van der Waals surface area contributed by atoms with Crippen molar-refractivity contribution < 1.29 is 32.3 Å². The summed E-state index contributed by atoms with van der Waals surface area (Å²) >= 11 is 0. The first-order chi connectivity index (χ1) is 13.5. The number of ether oxygens (including phenoxy) is 1. The summed E-state index contributed by atoms with van der Waals surface area (Å²) in [5, 5.41) is 7.61. The van der Waals surface area contributed by atoms with E-state index < -0.39 is 36.1 Å². The Morgan fingerprint density at radius 2 is 1.86 bits per heavy atom. The van der Waals surface area contributed by atoms with Crippen LogP contribution in [0.5, 0.6) is 0 Å². The molecule has 12 heteroatoms. The molecule has 0 aliphatic heterocycles. The first-order valence-corrected chi connectivity index (χ1v) is 8.76. The van der Waals surface area contributed by atoms with E-state index in [9.17, 15) is 22.8 Å². The van der Waals surface area contributed by atoms with Crippen LogP contribution >= 0.6 is 0 Å². The van der Waals surface area contributed by atoms with Gasteiger partial charge in [0.2, 0.25) is 0 Å². The molecule has 0 radical (unpaired) electrons. The second kappa shape index (κ2) is 8.97. The number of fused-ring (bicyclic) bond motifs is 1. The van der Waals surface area contributed by atoms with Crippen molar-refractivity contribution in [2.24, 2.45) is 5.92 Å². The largest absolute Gasteiger partial charge is 0.443 e. The van der Waals surface area contributed by atoms with Crippen LogP contribution in [-0.4, -0.2) is 45.5 Å². The molecule has 0 fully saturated rings. The molecule has 1 aromatic carbocycles. The van der Waals surface area contributed by atoms with Gasteiger partial charge in [0, 0.05) is 0 Å². The molecule has 0 saturated heterocycles. The summed E-state index contributed by atoms with van der Waals surface area (Å²) in [5.41, 5.74) is 3.83. The van der Waals surface area contributed by atoms with Gasteiger partial charge in [-0.25, -0.2) is 10.2 Å². The zero-order chi connectivity index (χ0) is 21.7. The quantitative estimate of drug-likeness (QED) is 0.552. The number of amides is 2. The average Bonchev–Trinajstić information content (AvgIpc) is 3.00. The lowest BCUT2D eigenvalue weighted by molar-refractivity contribution is -0.185. The van der Waals surface area contributed by atoms with Crippen molar-refractivity contribution in [3.63, 3.8) is 0 Å². The zero-order valence-corrected chi connectivity index (χ0v) is 16.1. The highest BCUT2D eigenvalue weighted by molar-refractivity contribution is 5.81. The molecule has 1 atom stereocenters. The molecule has 1 aromatic heterocycles. The summed E-state index contributed by atoms with van der Waals surface area (Å²) in [7, 11) is 0. The third-order valence-electron chi connectivity index (χ3n) is 3.57. The number of rotatable bonds is 6. The number of carbonyl (C=O) groups excluding carboxylic acids is 2. The normalized spacial score (nSPS) is 13.0. The molecule has 2 N–H and O–H groups in total. The van der Waals surface area contributed by atoms with Crippen molar-refractivity contribution in [3.05, 3.63) is 24.3 Å². The summed E-state index contributed by atoms with van der Waals surface area (Å²) < 4.78 is 44.5. The Morgan fingerprint density at radius 1 is 1.17 bits per heavy atom. The summed E-state index contributed by atoms with van der Waals surface area (Å²) in [4.78, 5) is 29.8. The second-order valence-electron chi connectivity index (χ2n) is 7.14. The molecule has 9 nitrogen and oxygen atoms in total. The number of halogens is 3. The van der Waals surface area contributed by atoms with Gasteiger partial charge >= 0.3 is 12.3 Å². The van der Waals surface area contributed by atoms with Crippen molar-refractivity contribution >= 4 is 23.0 Å². The molecule has 2 aromatic rings. The number of alkyl halides is 3. The van der Waals surface area contributed by atoms with E-state index in [1.807, 2.05) is 5.43 Å². The molecule has 0 saturated carbocycles. The number of hydrogen-bond acceptors (Lipinski definition) is 6. The van der Waals surface area contributed by atoms with Gasteiger partial charge in [-0.3, -0.25) is 10.2 Å². The smallest absolute Gasteiger partial charge is 0.426 e. The van der Waals surface area contributed by atoms with E-state index in [-0.39, 0.29) is 13.0 Å². The van der Waals surface area contributed by atoms with Crippen LogP contribution in [0.1, 0.15) is 33.6 Å². The lowest BCUT2D eigenvalue weighted by Crippen LogP contribution is -2.49. The zero-order valence-electron chi connectivity index (χ0n) is 16.1. The third kappa shape index (κ3) is 6.80. The molecule has 0 spiro atoms. The fourth-order valence-corrected chi connectivity index (χ4v) is 2.33. The van der Waals surface area contributed by atoms with Gasteiger partial charge in [0.05, 0.1) is 0 Å². The van der Waals surface area contributed by atoms with Gasteiger partial charge in [-0.15, -0.1) is 5.10 Å². The van der Waals surface area contributed by atoms with Crippen LogP contribution in [0.3, 0.4) is 0 Å². The summed E-state index contributed by atoms with van der Waals surface area (Å²) in [6.45, 7) is 4.61. The standard InChI is InChI=1S/C17H22F3N5O4/c1-16(2,3)29-15(27)23-22-14(26)11(17(18,19)20)7-6-10-28-25-13-9-5-4-8-12(13)21-24-25/h4-5,8-9,11H,6-7,10H2,1-3H3,(H,22,26)(H,23,27). The van der Waals surface area contributed by atoms with Crippen molar-refractivity contribution in [1.82, 2.24) is 26.0 Å². The number of benzene rings is 1. The minimum absolute atomic E-state index is 0.0851. The second-order valence-corrected chi connectivity index (χ2v) is 7.14. The Balaban J connectivity index is 1.85. The lowest BCUT2D eigenvalue weighted by atomic mass is 10.0. The molecule has 2 amide bonds. The predicted octanol–water partition coefficient (Wildman–Crippen LogP) is 2.37. The molecule has 0 aliphatic rings. The van der Waals surface area contributed by atoms with Gasteiger partial charge in [0.1, 0.15) is 29.2 Å². The molecule has 1 unspecified atom stereocenters. The molecule has 2 rings (SSSR count). The van der Waals surface area contributed by atoms with Crippen molar-refractivity contribution in [3.8, 4) is 0 Å².